The highest BCUT2D eigenvalue weighted by atomic mass is 16.2. The first-order valence-corrected chi connectivity index (χ1v) is 9.54. The van der Waals surface area contributed by atoms with Crippen LogP contribution in [0.3, 0.4) is 0 Å². The number of hydrogen-bond donors (Lipinski definition) is 0. The third-order valence-electron chi connectivity index (χ3n) is 5.07. The Bertz CT molecular complexity index is 978. The fourth-order valence-electron chi connectivity index (χ4n) is 3.60. The van der Waals surface area contributed by atoms with Crippen LogP contribution in [-0.4, -0.2) is 45.3 Å². The summed E-state index contributed by atoms with van der Waals surface area (Å²) in [5, 5.41) is 4.48. The van der Waals surface area contributed by atoms with Gasteiger partial charge in [0.15, 0.2) is 5.82 Å². The second kappa shape index (κ2) is 7.42. The molecular formula is C21H24N6O. The van der Waals surface area contributed by atoms with E-state index >= 15 is 0 Å². The minimum atomic E-state index is -0.0211. The monoisotopic (exact) mass is 376 g/mol. The van der Waals surface area contributed by atoms with E-state index in [0.29, 0.717) is 19.6 Å². The zero-order valence-corrected chi connectivity index (χ0v) is 16.4. The number of nitrogens with zero attached hydrogens (tertiary/aromatic N) is 6. The average molecular weight is 376 g/mol. The molecule has 0 aliphatic carbocycles. The summed E-state index contributed by atoms with van der Waals surface area (Å²) in [6.45, 7) is 7.96. The molecule has 7 heteroatoms. The number of benzene rings is 1. The lowest BCUT2D eigenvalue weighted by atomic mass is 9.98. The van der Waals surface area contributed by atoms with Crippen LogP contribution in [-0.2, 0) is 4.79 Å². The molecule has 0 spiro atoms. The van der Waals surface area contributed by atoms with Crippen molar-refractivity contribution in [1.82, 2.24) is 19.7 Å². The Balaban J connectivity index is 1.46. The molecule has 0 N–H and O–H groups in total. The fourth-order valence-corrected chi connectivity index (χ4v) is 3.60. The lowest BCUT2D eigenvalue weighted by molar-refractivity contribution is -0.123. The Kier molecular flexibility index (Phi) is 4.81. The molecule has 3 aromatic rings. The predicted molar refractivity (Wildman–Crippen MR) is 109 cm³/mol. The molecular weight excluding hydrogens is 352 g/mol. The van der Waals surface area contributed by atoms with E-state index in [2.05, 4.69) is 20.0 Å². The molecule has 0 bridgehead atoms. The molecule has 1 amide bonds. The Morgan fingerprint density at radius 3 is 2.46 bits per heavy atom. The van der Waals surface area contributed by atoms with Crippen LogP contribution in [0.1, 0.15) is 18.3 Å². The molecule has 1 aliphatic rings. The third-order valence-corrected chi connectivity index (χ3v) is 5.07. The van der Waals surface area contributed by atoms with Crippen molar-refractivity contribution in [3.63, 3.8) is 0 Å². The van der Waals surface area contributed by atoms with Gasteiger partial charge in [-0.25, -0.2) is 14.6 Å². The minimum absolute atomic E-state index is 0.0211. The number of rotatable bonds is 5. The molecule has 0 atom stereocenters. The molecule has 0 saturated carbocycles. The van der Waals surface area contributed by atoms with Gasteiger partial charge in [0, 0.05) is 37.1 Å². The van der Waals surface area contributed by atoms with E-state index in [-0.39, 0.29) is 11.8 Å². The van der Waals surface area contributed by atoms with Crippen LogP contribution in [0.25, 0.3) is 5.82 Å². The first kappa shape index (κ1) is 18.2. The number of anilines is 2. The van der Waals surface area contributed by atoms with Gasteiger partial charge in [-0.05, 0) is 39.0 Å². The van der Waals surface area contributed by atoms with Gasteiger partial charge >= 0.3 is 0 Å². The van der Waals surface area contributed by atoms with Crippen molar-refractivity contribution in [2.45, 2.75) is 20.8 Å². The SMILES string of the molecule is CCN(C(=O)C1CN(c2cc(-n3nc(C)cc3C)ncn2)C1)c1ccccc1. The van der Waals surface area contributed by atoms with Crippen molar-refractivity contribution in [1.29, 1.82) is 0 Å². The third kappa shape index (κ3) is 3.35. The molecule has 0 unspecified atom stereocenters. The Labute approximate surface area is 164 Å². The van der Waals surface area contributed by atoms with Gasteiger partial charge in [0.2, 0.25) is 5.91 Å². The van der Waals surface area contributed by atoms with Crippen LogP contribution < -0.4 is 9.80 Å². The standard InChI is InChI=1S/C21H24N6O/c1-4-26(18-8-6-5-7-9-18)21(28)17-12-25(13-17)19-11-20(23-14-22-19)27-16(3)10-15(2)24-27/h5-11,14,17H,4,12-13H2,1-3H3. The van der Waals surface area contributed by atoms with E-state index in [1.165, 1.54) is 0 Å². The molecule has 0 radical (unpaired) electrons. The van der Waals surface area contributed by atoms with Gasteiger partial charge < -0.3 is 9.80 Å². The fraction of sp³-hybridized carbons (Fsp3) is 0.333. The maximum atomic E-state index is 12.9. The summed E-state index contributed by atoms with van der Waals surface area (Å²) in [6.07, 6.45) is 1.55. The summed E-state index contributed by atoms with van der Waals surface area (Å²) in [7, 11) is 0. The molecule has 1 saturated heterocycles. The van der Waals surface area contributed by atoms with Crippen LogP contribution in [0, 0.1) is 19.8 Å². The Morgan fingerprint density at radius 2 is 1.82 bits per heavy atom. The average Bonchev–Trinajstić information content (AvgIpc) is 3.00. The molecule has 1 aliphatic heterocycles. The highest BCUT2D eigenvalue weighted by Crippen LogP contribution is 2.27. The van der Waals surface area contributed by atoms with Gasteiger partial charge in [0.25, 0.3) is 0 Å². The topological polar surface area (TPSA) is 67.2 Å². The summed E-state index contributed by atoms with van der Waals surface area (Å²) in [5.74, 6) is 1.71. The lowest BCUT2D eigenvalue weighted by Gasteiger charge is -2.41. The van der Waals surface area contributed by atoms with E-state index in [4.69, 9.17) is 0 Å². The molecule has 1 fully saturated rings. The van der Waals surface area contributed by atoms with E-state index in [1.54, 1.807) is 6.33 Å². The molecule has 144 valence electrons. The summed E-state index contributed by atoms with van der Waals surface area (Å²) in [6, 6.07) is 13.8. The van der Waals surface area contributed by atoms with Gasteiger partial charge in [-0.2, -0.15) is 5.10 Å². The first-order chi connectivity index (χ1) is 13.6. The second-order valence-electron chi connectivity index (χ2n) is 7.09. The van der Waals surface area contributed by atoms with Crippen LogP contribution in [0.15, 0.2) is 48.8 Å². The number of carbonyl (C=O) groups is 1. The number of amides is 1. The molecule has 28 heavy (non-hydrogen) atoms. The quantitative estimate of drug-likeness (QED) is 0.685. The zero-order valence-electron chi connectivity index (χ0n) is 16.4. The Morgan fingerprint density at radius 1 is 1.11 bits per heavy atom. The molecule has 2 aromatic heterocycles. The maximum absolute atomic E-state index is 12.9. The van der Waals surface area contributed by atoms with E-state index in [0.717, 1.165) is 28.7 Å². The van der Waals surface area contributed by atoms with E-state index in [1.807, 2.05) is 72.8 Å². The molecule has 1 aromatic carbocycles. The summed E-state index contributed by atoms with van der Waals surface area (Å²) in [5.41, 5.74) is 2.93. The number of aromatic nitrogens is 4. The van der Waals surface area contributed by atoms with E-state index in [9.17, 15) is 4.79 Å². The largest absolute Gasteiger partial charge is 0.355 e. The van der Waals surface area contributed by atoms with Crippen LogP contribution in [0.5, 0.6) is 0 Å². The number of para-hydroxylation sites is 1. The van der Waals surface area contributed by atoms with E-state index < -0.39 is 0 Å². The van der Waals surface area contributed by atoms with Gasteiger partial charge in [-0.1, -0.05) is 18.2 Å². The smallest absolute Gasteiger partial charge is 0.233 e. The summed E-state index contributed by atoms with van der Waals surface area (Å²) >= 11 is 0. The van der Waals surface area contributed by atoms with Crippen LogP contribution >= 0.6 is 0 Å². The van der Waals surface area contributed by atoms with Crippen molar-refractivity contribution in [2.75, 3.05) is 29.4 Å². The highest BCUT2D eigenvalue weighted by Gasteiger charge is 2.36. The van der Waals surface area contributed by atoms with Gasteiger partial charge in [-0.3, -0.25) is 4.79 Å². The maximum Gasteiger partial charge on any atom is 0.233 e. The van der Waals surface area contributed by atoms with Crippen molar-refractivity contribution < 1.29 is 4.79 Å². The Hall–Kier alpha value is -3.22. The first-order valence-electron chi connectivity index (χ1n) is 9.54. The molecule has 3 heterocycles. The van der Waals surface area contributed by atoms with Gasteiger partial charge in [0.05, 0.1) is 11.6 Å². The predicted octanol–water partition coefficient (Wildman–Crippen LogP) is 2.77. The van der Waals surface area contributed by atoms with Crippen LogP contribution in [0.2, 0.25) is 0 Å². The molecule has 7 nitrogen and oxygen atoms in total. The number of carbonyl (C=O) groups excluding carboxylic acids is 1. The van der Waals surface area contributed by atoms with Crippen molar-refractivity contribution in [3.8, 4) is 5.82 Å². The normalized spacial score (nSPS) is 14.0. The highest BCUT2D eigenvalue weighted by molar-refractivity contribution is 5.96. The minimum Gasteiger partial charge on any atom is -0.355 e. The number of hydrogen-bond acceptors (Lipinski definition) is 5. The number of aryl methyl sites for hydroxylation is 2. The van der Waals surface area contributed by atoms with Crippen LogP contribution in [0.4, 0.5) is 11.5 Å². The summed E-state index contributed by atoms with van der Waals surface area (Å²) in [4.78, 5) is 25.6. The zero-order chi connectivity index (χ0) is 19.7. The second-order valence-corrected chi connectivity index (χ2v) is 7.09. The summed E-state index contributed by atoms with van der Waals surface area (Å²) < 4.78 is 1.82. The van der Waals surface area contributed by atoms with Crippen molar-refractivity contribution in [2.24, 2.45) is 5.92 Å². The van der Waals surface area contributed by atoms with Crippen molar-refractivity contribution in [3.05, 3.63) is 60.2 Å². The van der Waals surface area contributed by atoms with Gasteiger partial charge in [-0.15, -0.1) is 0 Å². The molecule has 4 rings (SSSR count). The van der Waals surface area contributed by atoms with Gasteiger partial charge in [0.1, 0.15) is 12.1 Å². The lowest BCUT2D eigenvalue weighted by Crippen LogP contribution is -2.55. The van der Waals surface area contributed by atoms with Crippen molar-refractivity contribution >= 4 is 17.4 Å².